The van der Waals surface area contributed by atoms with Crippen molar-refractivity contribution >= 4 is 17.2 Å². The summed E-state index contributed by atoms with van der Waals surface area (Å²) in [6.07, 6.45) is 0. The summed E-state index contributed by atoms with van der Waals surface area (Å²) in [6.45, 7) is 2.32. The number of nitrogens with zero attached hydrogens (tertiary/aromatic N) is 4. The molecule has 6 nitrogen and oxygen atoms in total. The van der Waals surface area contributed by atoms with E-state index in [0.717, 1.165) is 4.88 Å². The van der Waals surface area contributed by atoms with Gasteiger partial charge >= 0.3 is 0 Å². The zero-order valence-corrected chi connectivity index (χ0v) is 14.4. The SMILES string of the molecule is CCN(CCO)C(=O)c1nc(-c2cccs2)n(-c2cccc(F)c2)n1. The van der Waals surface area contributed by atoms with E-state index in [1.165, 1.54) is 33.1 Å². The molecule has 0 aliphatic carbocycles. The number of aromatic nitrogens is 3. The van der Waals surface area contributed by atoms with Gasteiger partial charge in [-0.15, -0.1) is 16.4 Å². The number of aliphatic hydroxyl groups excluding tert-OH is 1. The summed E-state index contributed by atoms with van der Waals surface area (Å²) in [7, 11) is 0. The summed E-state index contributed by atoms with van der Waals surface area (Å²) in [5.74, 6) is -0.273. The number of benzene rings is 1. The first kappa shape index (κ1) is 17.2. The number of thiophene rings is 1. The van der Waals surface area contributed by atoms with Gasteiger partial charge in [0.05, 0.1) is 17.2 Å². The normalized spacial score (nSPS) is 10.8. The first-order chi connectivity index (χ1) is 12.1. The monoisotopic (exact) mass is 360 g/mol. The van der Waals surface area contributed by atoms with Crippen LogP contribution in [-0.2, 0) is 0 Å². The number of rotatable bonds is 6. The van der Waals surface area contributed by atoms with Crippen LogP contribution >= 0.6 is 11.3 Å². The number of carbonyl (C=O) groups is 1. The Morgan fingerprint density at radius 1 is 1.36 bits per heavy atom. The number of carbonyl (C=O) groups excluding carboxylic acids is 1. The lowest BCUT2D eigenvalue weighted by Gasteiger charge is -2.17. The Balaban J connectivity index is 2.08. The maximum atomic E-state index is 13.6. The van der Waals surface area contributed by atoms with Gasteiger partial charge in [-0.1, -0.05) is 12.1 Å². The highest BCUT2D eigenvalue weighted by atomic mass is 32.1. The van der Waals surface area contributed by atoms with Gasteiger partial charge in [0, 0.05) is 13.1 Å². The Kier molecular flexibility index (Phi) is 5.20. The minimum Gasteiger partial charge on any atom is -0.395 e. The zero-order valence-electron chi connectivity index (χ0n) is 13.6. The number of aliphatic hydroxyl groups is 1. The Labute approximate surface area is 148 Å². The van der Waals surface area contributed by atoms with Crippen molar-refractivity contribution in [1.82, 2.24) is 19.7 Å². The van der Waals surface area contributed by atoms with Crippen LogP contribution in [0.3, 0.4) is 0 Å². The van der Waals surface area contributed by atoms with Gasteiger partial charge in [0.15, 0.2) is 5.82 Å². The number of halogens is 1. The van der Waals surface area contributed by atoms with Gasteiger partial charge in [0.2, 0.25) is 5.82 Å². The van der Waals surface area contributed by atoms with E-state index in [1.54, 1.807) is 12.1 Å². The molecule has 0 unspecified atom stereocenters. The van der Waals surface area contributed by atoms with Crippen molar-refractivity contribution in [1.29, 1.82) is 0 Å². The molecule has 3 rings (SSSR count). The summed E-state index contributed by atoms with van der Waals surface area (Å²) in [4.78, 5) is 19.3. The molecular formula is C17H17FN4O2S. The third-order valence-electron chi connectivity index (χ3n) is 3.63. The molecule has 0 saturated carbocycles. The van der Waals surface area contributed by atoms with Crippen LogP contribution < -0.4 is 0 Å². The molecule has 0 spiro atoms. The van der Waals surface area contributed by atoms with Gasteiger partial charge < -0.3 is 10.0 Å². The highest BCUT2D eigenvalue weighted by molar-refractivity contribution is 7.13. The molecule has 1 amide bonds. The molecule has 130 valence electrons. The second-order valence-electron chi connectivity index (χ2n) is 5.24. The second-order valence-corrected chi connectivity index (χ2v) is 6.18. The molecule has 0 aliphatic rings. The van der Waals surface area contributed by atoms with Crippen LogP contribution in [0.15, 0.2) is 41.8 Å². The van der Waals surface area contributed by atoms with Gasteiger partial charge in [0.25, 0.3) is 5.91 Å². The third-order valence-corrected chi connectivity index (χ3v) is 4.50. The summed E-state index contributed by atoms with van der Waals surface area (Å²) < 4.78 is 15.1. The van der Waals surface area contributed by atoms with Crippen LogP contribution in [0.1, 0.15) is 17.5 Å². The lowest BCUT2D eigenvalue weighted by Crippen LogP contribution is -2.34. The van der Waals surface area contributed by atoms with Gasteiger partial charge in [-0.05, 0) is 36.6 Å². The zero-order chi connectivity index (χ0) is 17.8. The van der Waals surface area contributed by atoms with E-state index in [-0.39, 0.29) is 24.9 Å². The highest BCUT2D eigenvalue weighted by Crippen LogP contribution is 2.26. The third kappa shape index (κ3) is 3.59. The Bertz CT molecular complexity index is 863. The van der Waals surface area contributed by atoms with Crippen LogP contribution in [0.4, 0.5) is 4.39 Å². The van der Waals surface area contributed by atoms with Crippen molar-refractivity contribution in [3.63, 3.8) is 0 Å². The van der Waals surface area contributed by atoms with Crippen molar-refractivity contribution < 1.29 is 14.3 Å². The van der Waals surface area contributed by atoms with Crippen molar-refractivity contribution in [2.75, 3.05) is 19.7 Å². The van der Waals surface area contributed by atoms with Crippen molar-refractivity contribution in [2.24, 2.45) is 0 Å². The largest absolute Gasteiger partial charge is 0.395 e. The second kappa shape index (κ2) is 7.54. The van der Waals surface area contributed by atoms with Crippen LogP contribution in [0.5, 0.6) is 0 Å². The van der Waals surface area contributed by atoms with E-state index < -0.39 is 5.82 Å². The summed E-state index contributed by atoms with van der Waals surface area (Å²) in [5.41, 5.74) is 0.486. The lowest BCUT2D eigenvalue weighted by atomic mass is 10.3. The van der Waals surface area contributed by atoms with Crippen molar-refractivity contribution in [2.45, 2.75) is 6.92 Å². The number of hydrogen-bond acceptors (Lipinski definition) is 5. The smallest absolute Gasteiger partial charge is 0.293 e. The van der Waals surface area contributed by atoms with Crippen LogP contribution in [0.25, 0.3) is 16.4 Å². The van der Waals surface area contributed by atoms with Crippen molar-refractivity contribution in [3.8, 4) is 16.4 Å². The molecule has 3 aromatic rings. The summed E-state index contributed by atoms with van der Waals surface area (Å²) in [6, 6.07) is 9.70. The molecule has 25 heavy (non-hydrogen) atoms. The fraction of sp³-hybridized carbons (Fsp3) is 0.235. The minimum absolute atomic E-state index is 0.0166. The van der Waals surface area contributed by atoms with Gasteiger partial charge in [-0.2, -0.15) is 0 Å². The molecule has 0 saturated heterocycles. The van der Waals surface area contributed by atoms with Gasteiger partial charge in [-0.3, -0.25) is 4.79 Å². The Hall–Kier alpha value is -2.58. The molecule has 0 atom stereocenters. The molecule has 1 aromatic carbocycles. The average Bonchev–Trinajstić information content (AvgIpc) is 3.28. The number of hydrogen-bond donors (Lipinski definition) is 1. The molecule has 0 aliphatic heterocycles. The predicted molar refractivity (Wildman–Crippen MR) is 93.3 cm³/mol. The Morgan fingerprint density at radius 3 is 2.84 bits per heavy atom. The van der Waals surface area contributed by atoms with Crippen LogP contribution in [0, 0.1) is 5.82 Å². The fourth-order valence-electron chi connectivity index (χ4n) is 2.42. The maximum Gasteiger partial charge on any atom is 0.293 e. The van der Waals surface area contributed by atoms with Gasteiger partial charge in [-0.25, -0.2) is 14.1 Å². The number of amides is 1. The van der Waals surface area contributed by atoms with Crippen LogP contribution in [0.2, 0.25) is 0 Å². The summed E-state index contributed by atoms with van der Waals surface area (Å²) >= 11 is 1.46. The molecular weight excluding hydrogens is 343 g/mol. The molecule has 0 bridgehead atoms. The topological polar surface area (TPSA) is 71.2 Å². The fourth-order valence-corrected chi connectivity index (χ4v) is 3.12. The van der Waals surface area contributed by atoms with E-state index in [9.17, 15) is 9.18 Å². The van der Waals surface area contributed by atoms with E-state index >= 15 is 0 Å². The van der Waals surface area contributed by atoms with Crippen LogP contribution in [-0.4, -0.2) is 50.4 Å². The molecule has 2 aromatic heterocycles. The molecule has 0 fully saturated rings. The molecule has 0 radical (unpaired) electrons. The number of likely N-dealkylation sites (N-methyl/N-ethyl adjacent to an activating group) is 1. The molecule has 2 heterocycles. The standard InChI is InChI=1S/C17H17FN4O2S/c1-2-21(8-9-23)17(24)15-19-16(14-7-4-10-25-14)22(20-15)13-6-3-5-12(18)11-13/h3-7,10-11,23H,2,8-9H2,1H3. The van der Waals surface area contributed by atoms with E-state index in [2.05, 4.69) is 10.1 Å². The lowest BCUT2D eigenvalue weighted by molar-refractivity contribution is 0.0720. The quantitative estimate of drug-likeness (QED) is 0.733. The first-order valence-corrected chi connectivity index (χ1v) is 8.69. The van der Waals surface area contributed by atoms with Gasteiger partial charge in [0.1, 0.15) is 5.82 Å². The first-order valence-electron chi connectivity index (χ1n) is 7.81. The molecule has 8 heteroatoms. The maximum absolute atomic E-state index is 13.6. The van der Waals surface area contributed by atoms with E-state index in [4.69, 9.17) is 5.11 Å². The van der Waals surface area contributed by atoms with E-state index in [0.29, 0.717) is 18.1 Å². The molecule has 1 N–H and O–H groups in total. The summed E-state index contributed by atoms with van der Waals surface area (Å²) in [5, 5.41) is 15.3. The Morgan fingerprint density at radius 2 is 2.20 bits per heavy atom. The average molecular weight is 360 g/mol. The highest BCUT2D eigenvalue weighted by Gasteiger charge is 2.23. The van der Waals surface area contributed by atoms with Crippen molar-refractivity contribution in [3.05, 3.63) is 53.4 Å². The van der Waals surface area contributed by atoms with E-state index in [1.807, 2.05) is 24.4 Å². The predicted octanol–water partition coefficient (Wildman–Crippen LogP) is 2.59. The minimum atomic E-state index is -0.395.